The molecule has 114 valence electrons. The summed E-state index contributed by atoms with van der Waals surface area (Å²) in [5.41, 5.74) is 0.496. The number of carbonyl (C=O) groups excluding carboxylic acids is 2. The van der Waals surface area contributed by atoms with Crippen LogP contribution in [-0.2, 0) is 19.4 Å². The Balaban J connectivity index is 2.01. The van der Waals surface area contributed by atoms with Gasteiger partial charge in [0.1, 0.15) is 0 Å². The predicted octanol–water partition coefficient (Wildman–Crippen LogP) is 1.03. The van der Waals surface area contributed by atoms with Gasteiger partial charge in [-0.2, -0.15) is 0 Å². The van der Waals surface area contributed by atoms with Crippen LogP contribution in [0, 0.1) is 0 Å². The third-order valence-electron chi connectivity index (χ3n) is 3.35. The number of benzene rings is 1. The molecule has 0 saturated carbocycles. The summed E-state index contributed by atoms with van der Waals surface area (Å²) in [5, 5.41) is 2.50. The number of rotatable bonds is 2. The molecule has 1 N–H and O–H groups in total. The van der Waals surface area contributed by atoms with Gasteiger partial charge >= 0.3 is 11.8 Å². The lowest BCUT2D eigenvalue weighted by atomic mass is 10.2. The van der Waals surface area contributed by atoms with Crippen LogP contribution < -0.4 is 5.32 Å². The summed E-state index contributed by atoms with van der Waals surface area (Å²) in [6.45, 7) is 0. The van der Waals surface area contributed by atoms with Crippen molar-refractivity contribution >= 4 is 43.3 Å². The Morgan fingerprint density at radius 2 is 2.10 bits per heavy atom. The van der Waals surface area contributed by atoms with E-state index in [-0.39, 0.29) is 11.5 Å². The molecule has 1 heterocycles. The van der Waals surface area contributed by atoms with Crippen molar-refractivity contribution in [2.75, 3.05) is 23.9 Å². The molecule has 1 aliphatic rings. The van der Waals surface area contributed by atoms with Gasteiger partial charge in [0.05, 0.1) is 11.5 Å². The van der Waals surface area contributed by atoms with Gasteiger partial charge in [-0.1, -0.05) is 22.0 Å². The molecule has 0 aromatic heterocycles. The Hall–Kier alpha value is -1.41. The second-order valence-corrected chi connectivity index (χ2v) is 8.08. The lowest BCUT2D eigenvalue weighted by Gasteiger charge is -2.22. The Labute approximate surface area is 131 Å². The van der Waals surface area contributed by atoms with E-state index < -0.39 is 27.7 Å². The molecule has 1 aromatic carbocycles. The van der Waals surface area contributed by atoms with E-state index in [9.17, 15) is 18.0 Å². The molecule has 1 atom stereocenters. The van der Waals surface area contributed by atoms with Crippen molar-refractivity contribution in [3.05, 3.63) is 28.7 Å². The molecular weight excluding hydrogens is 360 g/mol. The van der Waals surface area contributed by atoms with E-state index in [1.54, 1.807) is 24.3 Å². The third-order valence-corrected chi connectivity index (χ3v) is 5.60. The number of halogens is 1. The van der Waals surface area contributed by atoms with Crippen molar-refractivity contribution in [2.45, 2.75) is 12.5 Å². The van der Waals surface area contributed by atoms with Gasteiger partial charge in [0.2, 0.25) is 0 Å². The normalized spacial score (nSPS) is 20.0. The maximum absolute atomic E-state index is 12.0. The topological polar surface area (TPSA) is 83.6 Å². The van der Waals surface area contributed by atoms with E-state index in [0.29, 0.717) is 12.1 Å². The number of likely N-dealkylation sites (N-methyl/N-ethyl adjacent to an activating group) is 1. The zero-order chi connectivity index (χ0) is 15.6. The van der Waals surface area contributed by atoms with Crippen LogP contribution in [-0.4, -0.2) is 49.7 Å². The van der Waals surface area contributed by atoms with E-state index in [4.69, 9.17) is 0 Å². The van der Waals surface area contributed by atoms with Crippen molar-refractivity contribution in [1.29, 1.82) is 0 Å². The van der Waals surface area contributed by atoms with Gasteiger partial charge in [-0.05, 0) is 24.6 Å². The molecule has 0 radical (unpaired) electrons. The lowest BCUT2D eigenvalue weighted by Crippen LogP contribution is -2.43. The van der Waals surface area contributed by atoms with Crippen molar-refractivity contribution < 1.29 is 18.0 Å². The fraction of sp³-hybridized carbons (Fsp3) is 0.385. The molecule has 8 heteroatoms. The minimum Gasteiger partial charge on any atom is -0.333 e. The smallest absolute Gasteiger partial charge is 0.313 e. The van der Waals surface area contributed by atoms with E-state index >= 15 is 0 Å². The van der Waals surface area contributed by atoms with Gasteiger partial charge in [-0.15, -0.1) is 0 Å². The average molecular weight is 375 g/mol. The second-order valence-electron chi connectivity index (χ2n) is 4.94. The van der Waals surface area contributed by atoms with Crippen LogP contribution in [0.3, 0.4) is 0 Å². The maximum atomic E-state index is 12.0. The zero-order valence-corrected chi connectivity index (χ0v) is 13.8. The molecule has 0 bridgehead atoms. The molecule has 1 aliphatic heterocycles. The van der Waals surface area contributed by atoms with Crippen molar-refractivity contribution in [3.63, 3.8) is 0 Å². The first-order valence-electron chi connectivity index (χ1n) is 6.32. The van der Waals surface area contributed by atoms with Crippen molar-refractivity contribution in [1.82, 2.24) is 4.90 Å². The van der Waals surface area contributed by atoms with Crippen LogP contribution in [0.4, 0.5) is 5.69 Å². The van der Waals surface area contributed by atoms with Crippen LogP contribution in [0.25, 0.3) is 0 Å². The summed E-state index contributed by atoms with van der Waals surface area (Å²) in [4.78, 5) is 25.2. The Morgan fingerprint density at radius 3 is 2.67 bits per heavy atom. The first-order chi connectivity index (χ1) is 9.78. The molecule has 1 fully saturated rings. The minimum atomic E-state index is -3.10. The fourth-order valence-electron chi connectivity index (χ4n) is 2.16. The van der Waals surface area contributed by atoms with E-state index in [2.05, 4.69) is 21.2 Å². The Bertz CT molecular complexity index is 675. The number of nitrogens with zero attached hydrogens (tertiary/aromatic N) is 1. The van der Waals surface area contributed by atoms with Crippen LogP contribution in [0.15, 0.2) is 28.7 Å². The number of carbonyl (C=O) groups is 2. The quantitative estimate of drug-likeness (QED) is 0.783. The van der Waals surface area contributed by atoms with Gasteiger partial charge in [0.25, 0.3) is 0 Å². The highest BCUT2D eigenvalue weighted by atomic mass is 79.9. The summed E-state index contributed by atoms with van der Waals surface area (Å²) in [5.74, 6) is -1.54. The van der Waals surface area contributed by atoms with E-state index in [0.717, 1.165) is 4.47 Å². The molecule has 0 aliphatic carbocycles. The highest BCUT2D eigenvalue weighted by molar-refractivity contribution is 9.10. The second kappa shape index (κ2) is 6.15. The number of hydrogen-bond acceptors (Lipinski definition) is 4. The Morgan fingerprint density at radius 1 is 1.38 bits per heavy atom. The minimum absolute atomic E-state index is 0.0581. The number of nitrogens with one attached hydrogen (secondary N) is 1. The van der Waals surface area contributed by atoms with Gasteiger partial charge in [0, 0.05) is 23.2 Å². The Kier molecular flexibility index (Phi) is 4.67. The van der Waals surface area contributed by atoms with Crippen LogP contribution in [0.2, 0.25) is 0 Å². The first-order valence-corrected chi connectivity index (χ1v) is 8.94. The van der Waals surface area contributed by atoms with Crippen LogP contribution in [0.5, 0.6) is 0 Å². The van der Waals surface area contributed by atoms with Crippen LogP contribution in [0.1, 0.15) is 6.42 Å². The summed E-state index contributed by atoms with van der Waals surface area (Å²) < 4.78 is 23.6. The monoisotopic (exact) mass is 374 g/mol. The lowest BCUT2D eigenvalue weighted by molar-refractivity contribution is -0.143. The number of amides is 2. The van der Waals surface area contributed by atoms with Crippen molar-refractivity contribution in [2.24, 2.45) is 0 Å². The maximum Gasteiger partial charge on any atom is 0.313 e. The zero-order valence-electron chi connectivity index (χ0n) is 11.4. The molecular formula is C13H15BrN2O4S. The molecule has 2 rings (SSSR count). The van der Waals surface area contributed by atoms with Gasteiger partial charge < -0.3 is 10.2 Å². The molecule has 2 amide bonds. The van der Waals surface area contributed by atoms with Gasteiger partial charge in [-0.25, -0.2) is 8.42 Å². The van der Waals surface area contributed by atoms with Crippen LogP contribution >= 0.6 is 15.9 Å². The highest BCUT2D eigenvalue weighted by Crippen LogP contribution is 2.18. The first kappa shape index (κ1) is 16.0. The number of anilines is 1. The predicted molar refractivity (Wildman–Crippen MR) is 82.6 cm³/mol. The molecule has 1 saturated heterocycles. The largest absolute Gasteiger partial charge is 0.333 e. The molecule has 6 nitrogen and oxygen atoms in total. The SMILES string of the molecule is CN(C(=O)C(=O)Nc1cccc(Br)c1)C1CCS(=O)(=O)C1. The molecule has 1 aromatic rings. The summed E-state index contributed by atoms with van der Waals surface area (Å²) in [6, 6.07) is 6.43. The number of sulfone groups is 1. The van der Waals surface area contributed by atoms with E-state index in [1.807, 2.05) is 0 Å². The molecule has 21 heavy (non-hydrogen) atoms. The molecule has 0 spiro atoms. The standard InChI is InChI=1S/C13H15BrN2O4S/c1-16(11-5-6-21(19,20)8-11)13(18)12(17)15-10-4-2-3-9(14)7-10/h2-4,7,11H,5-6,8H2,1H3,(H,15,17). The van der Waals surface area contributed by atoms with Crippen molar-refractivity contribution in [3.8, 4) is 0 Å². The fourth-order valence-corrected chi connectivity index (χ4v) is 4.33. The highest BCUT2D eigenvalue weighted by Gasteiger charge is 2.34. The number of hydrogen-bond donors (Lipinski definition) is 1. The summed E-state index contributed by atoms with van der Waals surface area (Å²) in [7, 11) is -1.64. The summed E-state index contributed by atoms with van der Waals surface area (Å²) in [6.07, 6.45) is 0.370. The van der Waals surface area contributed by atoms with Gasteiger partial charge in [-0.3, -0.25) is 9.59 Å². The third kappa shape index (κ3) is 4.04. The average Bonchev–Trinajstić information content (AvgIpc) is 2.77. The molecule has 1 unspecified atom stereocenters. The summed E-state index contributed by atoms with van der Waals surface area (Å²) >= 11 is 3.27. The van der Waals surface area contributed by atoms with E-state index in [1.165, 1.54) is 11.9 Å². The van der Waals surface area contributed by atoms with Gasteiger partial charge in [0.15, 0.2) is 9.84 Å².